The van der Waals surface area contributed by atoms with Gasteiger partial charge in [-0.25, -0.2) is 4.79 Å². The number of hydrogen-bond acceptors (Lipinski definition) is 7. The number of benzene rings is 2. The lowest BCUT2D eigenvalue weighted by Gasteiger charge is -2.20. The summed E-state index contributed by atoms with van der Waals surface area (Å²) in [7, 11) is 3.97. The lowest BCUT2D eigenvalue weighted by molar-refractivity contribution is 0.00880. The molecule has 2 aromatic carbocycles. The van der Waals surface area contributed by atoms with Gasteiger partial charge in [0.15, 0.2) is 17.0 Å². The topological polar surface area (TPSA) is 101 Å². The Morgan fingerprint density at radius 1 is 0.941 bits per heavy atom. The third-order valence-electron chi connectivity index (χ3n) is 5.76. The molecule has 180 valence electrons. The third-order valence-corrected chi connectivity index (χ3v) is 5.98. The van der Waals surface area contributed by atoms with Crippen LogP contribution in [-0.4, -0.2) is 68.7 Å². The summed E-state index contributed by atoms with van der Waals surface area (Å²) >= 11 is 5.45. The number of ether oxygens (including phenoxy) is 3. The van der Waals surface area contributed by atoms with Crippen molar-refractivity contribution in [1.82, 2.24) is 5.32 Å². The average Bonchev–Trinajstić information content (AvgIpc) is 3.38. The van der Waals surface area contributed by atoms with E-state index in [1.807, 2.05) is 43.3 Å². The van der Waals surface area contributed by atoms with Gasteiger partial charge in [-0.3, -0.25) is 10.1 Å². The predicted molar refractivity (Wildman–Crippen MR) is 134 cm³/mol. The van der Waals surface area contributed by atoms with Crippen LogP contribution in [-0.2, 0) is 14.2 Å². The smallest absolute Gasteiger partial charge is 0.412 e. The number of nitrogens with zero attached hydrogens (tertiary/aromatic N) is 1. The van der Waals surface area contributed by atoms with Crippen molar-refractivity contribution in [1.29, 1.82) is 0 Å². The minimum Gasteiger partial charge on any atom is -0.441 e. The number of anilines is 3. The SMILES string of the molecule is CC(=O)c1ccc(NC(=O)OC2COC3C(NC(=S)Nc4ccc(N(C)C)cc4)COC23)cc1. The molecule has 4 rings (SSSR count). The van der Waals surface area contributed by atoms with Gasteiger partial charge >= 0.3 is 6.09 Å². The Kier molecular flexibility index (Phi) is 7.30. The zero-order valence-electron chi connectivity index (χ0n) is 19.2. The minimum atomic E-state index is -0.608. The number of hydrogen-bond donors (Lipinski definition) is 3. The summed E-state index contributed by atoms with van der Waals surface area (Å²) in [4.78, 5) is 25.7. The van der Waals surface area contributed by atoms with Crippen LogP contribution in [0.2, 0.25) is 0 Å². The van der Waals surface area contributed by atoms with E-state index in [0.717, 1.165) is 11.4 Å². The minimum absolute atomic E-state index is 0.0401. The first-order chi connectivity index (χ1) is 16.3. The van der Waals surface area contributed by atoms with Gasteiger partial charge in [0.1, 0.15) is 12.2 Å². The second-order valence-corrected chi connectivity index (χ2v) is 8.85. The molecule has 2 aliphatic rings. The molecule has 34 heavy (non-hydrogen) atoms. The zero-order valence-corrected chi connectivity index (χ0v) is 20.1. The number of nitrogens with one attached hydrogen (secondary N) is 3. The van der Waals surface area contributed by atoms with E-state index in [4.69, 9.17) is 26.4 Å². The first-order valence-corrected chi connectivity index (χ1v) is 11.4. The van der Waals surface area contributed by atoms with E-state index >= 15 is 0 Å². The molecular formula is C24H28N4O5S. The van der Waals surface area contributed by atoms with Crippen LogP contribution in [0.5, 0.6) is 0 Å². The molecule has 10 heteroatoms. The predicted octanol–water partition coefficient (Wildman–Crippen LogP) is 3.03. The van der Waals surface area contributed by atoms with E-state index in [0.29, 0.717) is 23.0 Å². The summed E-state index contributed by atoms with van der Waals surface area (Å²) in [6.45, 7) is 2.10. The Morgan fingerprint density at radius 2 is 1.56 bits per heavy atom. The Labute approximate surface area is 203 Å². The van der Waals surface area contributed by atoms with Crippen molar-refractivity contribution >= 4 is 46.3 Å². The molecule has 2 aromatic rings. The molecule has 3 N–H and O–H groups in total. The van der Waals surface area contributed by atoms with Crippen LogP contribution in [0.1, 0.15) is 17.3 Å². The first-order valence-electron chi connectivity index (χ1n) is 11.0. The van der Waals surface area contributed by atoms with Gasteiger partial charge in [-0.15, -0.1) is 0 Å². The molecule has 0 spiro atoms. The molecule has 0 aromatic heterocycles. The van der Waals surface area contributed by atoms with Crippen LogP contribution < -0.4 is 20.9 Å². The molecule has 1 amide bonds. The summed E-state index contributed by atoms with van der Waals surface area (Å²) < 4.78 is 17.3. The Morgan fingerprint density at radius 3 is 2.21 bits per heavy atom. The molecule has 0 aliphatic carbocycles. The summed E-state index contributed by atoms with van der Waals surface area (Å²) in [6, 6.07) is 14.4. The molecule has 0 bridgehead atoms. The largest absolute Gasteiger partial charge is 0.441 e. The number of thiocarbonyl (C=S) groups is 1. The van der Waals surface area contributed by atoms with Gasteiger partial charge in [0.2, 0.25) is 0 Å². The van der Waals surface area contributed by atoms with Crippen molar-refractivity contribution in [2.24, 2.45) is 0 Å². The number of ketones is 1. The van der Waals surface area contributed by atoms with E-state index in [-0.39, 0.29) is 30.6 Å². The van der Waals surface area contributed by atoms with Crippen LogP contribution >= 0.6 is 12.2 Å². The van der Waals surface area contributed by atoms with Crippen molar-refractivity contribution in [2.75, 3.05) is 42.8 Å². The fourth-order valence-corrected chi connectivity index (χ4v) is 4.21. The fourth-order valence-electron chi connectivity index (χ4n) is 3.94. The summed E-state index contributed by atoms with van der Waals surface area (Å²) in [6.07, 6.45) is -1.81. The van der Waals surface area contributed by atoms with Crippen LogP contribution in [0.4, 0.5) is 21.9 Å². The van der Waals surface area contributed by atoms with Gasteiger partial charge in [-0.1, -0.05) is 0 Å². The van der Waals surface area contributed by atoms with Crippen molar-refractivity contribution in [3.63, 3.8) is 0 Å². The monoisotopic (exact) mass is 484 g/mol. The van der Waals surface area contributed by atoms with E-state index < -0.39 is 12.2 Å². The maximum atomic E-state index is 12.3. The molecule has 4 unspecified atom stereocenters. The van der Waals surface area contributed by atoms with E-state index in [9.17, 15) is 9.59 Å². The highest BCUT2D eigenvalue weighted by molar-refractivity contribution is 7.80. The highest BCUT2D eigenvalue weighted by Crippen LogP contribution is 2.29. The molecule has 4 atom stereocenters. The van der Waals surface area contributed by atoms with Gasteiger partial charge < -0.3 is 29.7 Å². The van der Waals surface area contributed by atoms with Crippen molar-refractivity contribution in [3.05, 3.63) is 54.1 Å². The summed E-state index contributed by atoms with van der Waals surface area (Å²) in [5.74, 6) is -0.0401. The average molecular weight is 485 g/mol. The Bertz CT molecular complexity index is 1040. The van der Waals surface area contributed by atoms with Crippen LogP contribution in [0.15, 0.2) is 48.5 Å². The maximum Gasteiger partial charge on any atom is 0.412 e. The zero-order chi connectivity index (χ0) is 24.2. The summed E-state index contributed by atoms with van der Waals surface area (Å²) in [5, 5.41) is 9.54. The molecule has 2 heterocycles. The number of carbonyl (C=O) groups excluding carboxylic acids is 2. The number of fused-ring (bicyclic) bond motifs is 1. The van der Waals surface area contributed by atoms with Crippen LogP contribution in [0.3, 0.4) is 0 Å². The number of carbonyl (C=O) groups is 2. The Balaban J connectivity index is 1.26. The first kappa shape index (κ1) is 23.9. The summed E-state index contributed by atoms with van der Waals surface area (Å²) in [5.41, 5.74) is 3.08. The molecule has 0 saturated carbocycles. The van der Waals surface area contributed by atoms with Crippen LogP contribution in [0.25, 0.3) is 0 Å². The number of rotatable bonds is 6. The second-order valence-electron chi connectivity index (χ2n) is 8.44. The van der Waals surface area contributed by atoms with Gasteiger partial charge in [0.25, 0.3) is 0 Å². The third kappa shape index (κ3) is 5.64. The Hall–Kier alpha value is -3.21. The van der Waals surface area contributed by atoms with Crippen molar-refractivity contribution in [2.45, 2.75) is 31.3 Å². The van der Waals surface area contributed by atoms with Gasteiger partial charge in [0.05, 0.1) is 19.3 Å². The number of Topliss-reactive ketones (excluding diaryl/α,β-unsaturated/α-hetero) is 1. The normalized spacial score (nSPS) is 23.0. The lowest BCUT2D eigenvalue weighted by atomic mass is 10.1. The highest BCUT2D eigenvalue weighted by Gasteiger charge is 2.49. The standard InChI is InChI=1S/C24H28N4O5S/c1-14(29)15-4-6-17(7-5-15)26-24(30)33-20-13-32-21-19(12-31-22(20)21)27-23(34)25-16-8-10-18(11-9-16)28(2)3/h4-11,19-22H,12-13H2,1-3H3,(H,26,30)(H2,25,27,34). The highest BCUT2D eigenvalue weighted by atomic mass is 32.1. The lowest BCUT2D eigenvalue weighted by Crippen LogP contribution is -2.46. The van der Waals surface area contributed by atoms with Crippen LogP contribution in [0, 0.1) is 0 Å². The van der Waals surface area contributed by atoms with E-state index in [2.05, 4.69) is 16.0 Å². The number of amides is 1. The van der Waals surface area contributed by atoms with Crippen molar-refractivity contribution < 1.29 is 23.8 Å². The molecule has 2 fully saturated rings. The van der Waals surface area contributed by atoms with Gasteiger partial charge in [0, 0.05) is 36.7 Å². The maximum absolute atomic E-state index is 12.3. The van der Waals surface area contributed by atoms with E-state index in [1.165, 1.54) is 6.92 Å². The molecule has 9 nitrogen and oxygen atoms in total. The second kappa shape index (κ2) is 10.4. The molecule has 2 aliphatic heterocycles. The molecule has 0 radical (unpaired) electrons. The van der Waals surface area contributed by atoms with Gasteiger partial charge in [-0.2, -0.15) is 0 Å². The van der Waals surface area contributed by atoms with Gasteiger partial charge in [-0.05, 0) is 67.7 Å². The van der Waals surface area contributed by atoms with E-state index in [1.54, 1.807) is 24.3 Å². The quantitative estimate of drug-likeness (QED) is 0.422. The molecule has 2 saturated heterocycles. The molecular weight excluding hydrogens is 456 g/mol. The fraction of sp³-hybridized carbons (Fsp3) is 0.375. The van der Waals surface area contributed by atoms with Crippen molar-refractivity contribution in [3.8, 4) is 0 Å².